The summed E-state index contributed by atoms with van der Waals surface area (Å²) >= 11 is 1.25. The number of nitrogens with zero attached hydrogens (tertiary/aromatic N) is 2. The van der Waals surface area contributed by atoms with Crippen LogP contribution in [0.4, 0.5) is 0 Å². The number of unbranched alkanes of at least 4 members (excludes halogenated alkanes) is 7. The van der Waals surface area contributed by atoms with Gasteiger partial charge in [0.2, 0.25) is 0 Å². The summed E-state index contributed by atoms with van der Waals surface area (Å²) in [6.07, 6.45) is 10.8. The highest BCUT2D eigenvalue weighted by atomic mass is 32.1. The van der Waals surface area contributed by atoms with Crippen LogP contribution in [-0.2, 0) is 0 Å². The van der Waals surface area contributed by atoms with Crippen molar-refractivity contribution in [1.29, 1.82) is 0 Å². The van der Waals surface area contributed by atoms with Crippen LogP contribution in [0.1, 0.15) is 99.8 Å². The van der Waals surface area contributed by atoms with Crippen LogP contribution in [-0.4, -0.2) is 15.4 Å². The van der Waals surface area contributed by atoms with E-state index in [-0.39, 0.29) is 11.7 Å². The van der Waals surface area contributed by atoms with Gasteiger partial charge in [-0.05, 0) is 23.9 Å². The number of hydrogen-bond donors (Lipinski definition) is 0. The van der Waals surface area contributed by atoms with Crippen molar-refractivity contribution in [2.45, 2.75) is 84.5 Å². The number of carbonyl (C=O) groups excluding carboxylic acids is 1. The minimum Gasteiger partial charge on any atom is -0.293 e. The predicted molar refractivity (Wildman–Crippen MR) is 85.6 cm³/mol. The number of ketones is 1. The summed E-state index contributed by atoms with van der Waals surface area (Å²) in [5.74, 6) is 0.515. The highest BCUT2D eigenvalue weighted by Gasteiger charge is 2.17. The molecule has 0 bridgehead atoms. The lowest BCUT2D eigenvalue weighted by Crippen LogP contribution is -2.02. The quantitative estimate of drug-likeness (QED) is 0.407. The van der Waals surface area contributed by atoms with Crippen LogP contribution < -0.4 is 0 Å². The largest absolute Gasteiger partial charge is 0.293 e. The van der Waals surface area contributed by atoms with E-state index in [2.05, 4.69) is 30.4 Å². The van der Waals surface area contributed by atoms with E-state index in [1.54, 1.807) is 0 Å². The van der Waals surface area contributed by atoms with Gasteiger partial charge in [-0.25, -0.2) is 0 Å². The molecule has 0 N–H and O–H groups in total. The molecule has 0 unspecified atom stereocenters. The molecular formula is C16H28N2OS. The maximum absolute atomic E-state index is 12.1. The normalized spacial score (nSPS) is 11.2. The molecule has 1 heterocycles. The average Bonchev–Trinajstić information content (AvgIpc) is 2.91. The van der Waals surface area contributed by atoms with Gasteiger partial charge < -0.3 is 0 Å². The minimum absolute atomic E-state index is 0.231. The Hall–Kier alpha value is -0.770. The van der Waals surface area contributed by atoms with Gasteiger partial charge in [0.25, 0.3) is 0 Å². The number of carbonyl (C=O) groups is 1. The van der Waals surface area contributed by atoms with Gasteiger partial charge in [0.1, 0.15) is 4.88 Å². The van der Waals surface area contributed by atoms with Crippen LogP contribution in [0.3, 0.4) is 0 Å². The Morgan fingerprint density at radius 1 is 1.05 bits per heavy atom. The summed E-state index contributed by atoms with van der Waals surface area (Å²) in [7, 11) is 0. The topological polar surface area (TPSA) is 42.9 Å². The van der Waals surface area contributed by atoms with Crippen molar-refractivity contribution in [1.82, 2.24) is 9.59 Å². The lowest BCUT2D eigenvalue weighted by molar-refractivity contribution is 0.0981. The van der Waals surface area contributed by atoms with Gasteiger partial charge in [0, 0.05) is 6.42 Å². The zero-order valence-electron chi connectivity index (χ0n) is 13.2. The van der Waals surface area contributed by atoms with E-state index in [0.29, 0.717) is 6.42 Å². The average molecular weight is 296 g/mol. The van der Waals surface area contributed by atoms with Crippen LogP contribution in [0, 0.1) is 0 Å². The van der Waals surface area contributed by atoms with Crippen molar-refractivity contribution in [2.24, 2.45) is 0 Å². The number of rotatable bonds is 11. The van der Waals surface area contributed by atoms with Crippen molar-refractivity contribution in [3.05, 3.63) is 10.6 Å². The maximum atomic E-state index is 12.1. The molecule has 0 aliphatic heterocycles. The lowest BCUT2D eigenvalue weighted by atomic mass is 10.0. The standard InChI is InChI=1S/C16H28N2OS/c1-4-5-6-7-8-9-10-11-12-14(19)16-15(13(2)3)17-18-20-16/h13H,4-12H2,1-3H3. The second kappa shape index (κ2) is 10.0. The summed E-state index contributed by atoms with van der Waals surface area (Å²) < 4.78 is 3.92. The van der Waals surface area contributed by atoms with Gasteiger partial charge in [0.15, 0.2) is 5.78 Å². The highest BCUT2D eigenvalue weighted by Crippen LogP contribution is 2.22. The van der Waals surface area contributed by atoms with E-state index in [9.17, 15) is 4.79 Å². The first-order chi connectivity index (χ1) is 9.66. The molecule has 0 amide bonds. The van der Waals surface area contributed by atoms with Crippen molar-refractivity contribution < 1.29 is 4.79 Å². The first-order valence-corrected chi connectivity index (χ1v) is 8.79. The van der Waals surface area contributed by atoms with Crippen molar-refractivity contribution in [3.63, 3.8) is 0 Å². The number of aromatic nitrogens is 2. The fourth-order valence-electron chi connectivity index (χ4n) is 2.30. The Morgan fingerprint density at radius 2 is 1.65 bits per heavy atom. The number of Topliss-reactive ketones (excluding diaryl/α,β-unsaturated/α-hetero) is 1. The molecule has 0 aliphatic carbocycles. The smallest absolute Gasteiger partial charge is 0.176 e. The van der Waals surface area contributed by atoms with E-state index < -0.39 is 0 Å². The zero-order valence-corrected chi connectivity index (χ0v) is 14.0. The van der Waals surface area contributed by atoms with Gasteiger partial charge in [0.05, 0.1) is 5.69 Å². The number of hydrogen-bond acceptors (Lipinski definition) is 4. The molecule has 0 radical (unpaired) electrons. The summed E-state index contributed by atoms with van der Waals surface area (Å²) in [6, 6.07) is 0. The molecule has 3 nitrogen and oxygen atoms in total. The fourth-order valence-corrected chi connectivity index (χ4v) is 3.09. The predicted octanol–water partition coefficient (Wildman–Crippen LogP) is 5.38. The molecule has 1 aromatic rings. The molecule has 20 heavy (non-hydrogen) atoms. The van der Waals surface area contributed by atoms with E-state index >= 15 is 0 Å². The monoisotopic (exact) mass is 296 g/mol. The van der Waals surface area contributed by atoms with Crippen LogP contribution in [0.2, 0.25) is 0 Å². The Labute approximate surface area is 127 Å². The van der Waals surface area contributed by atoms with Gasteiger partial charge in [-0.15, -0.1) is 5.10 Å². The van der Waals surface area contributed by atoms with E-state index in [1.165, 1.54) is 56.5 Å². The summed E-state index contributed by atoms with van der Waals surface area (Å²) in [5.41, 5.74) is 0.875. The van der Waals surface area contributed by atoms with E-state index in [0.717, 1.165) is 17.0 Å². The summed E-state index contributed by atoms with van der Waals surface area (Å²) in [5, 5.41) is 4.07. The van der Waals surface area contributed by atoms with Crippen LogP contribution in [0.25, 0.3) is 0 Å². The second-order valence-electron chi connectivity index (χ2n) is 5.79. The molecule has 0 aliphatic rings. The zero-order chi connectivity index (χ0) is 14.8. The van der Waals surface area contributed by atoms with Gasteiger partial charge in [-0.2, -0.15) is 0 Å². The molecule has 0 fully saturated rings. The summed E-state index contributed by atoms with van der Waals surface area (Å²) in [4.78, 5) is 12.9. The van der Waals surface area contributed by atoms with Crippen molar-refractivity contribution >= 4 is 17.3 Å². The Bertz CT molecular complexity index is 388. The minimum atomic E-state index is 0.231. The highest BCUT2D eigenvalue weighted by molar-refractivity contribution is 7.08. The van der Waals surface area contributed by atoms with Crippen LogP contribution >= 0.6 is 11.5 Å². The van der Waals surface area contributed by atoms with Crippen LogP contribution in [0.5, 0.6) is 0 Å². The molecule has 0 saturated carbocycles. The molecule has 0 saturated heterocycles. The first kappa shape index (κ1) is 17.3. The second-order valence-corrected chi connectivity index (χ2v) is 6.54. The molecule has 1 rings (SSSR count). The van der Waals surface area contributed by atoms with Gasteiger partial charge >= 0.3 is 0 Å². The third-order valence-corrected chi connectivity index (χ3v) is 4.35. The fraction of sp³-hybridized carbons (Fsp3) is 0.812. The van der Waals surface area contributed by atoms with Crippen LogP contribution in [0.15, 0.2) is 0 Å². The molecule has 0 atom stereocenters. The third-order valence-electron chi connectivity index (χ3n) is 3.57. The Morgan fingerprint density at radius 3 is 2.25 bits per heavy atom. The molecule has 114 valence electrons. The van der Waals surface area contributed by atoms with Gasteiger partial charge in [-0.1, -0.05) is 70.2 Å². The SMILES string of the molecule is CCCCCCCCCCC(=O)c1snnc1C(C)C. The molecule has 0 aromatic carbocycles. The lowest BCUT2D eigenvalue weighted by Gasteiger charge is -2.04. The van der Waals surface area contributed by atoms with Crippen molar-refractivity contribution in [2.75, 3.05) is 0 Å². The molecule has 1 aromatic heterocycles. The Kier molecular flexibility index (Phi) is 8.67. The van der Waals surface area contributed by atoms with Gasteiger partial charge in [-0.3, -0.25) is 4.79 Å². The summed E-state index contributed by atoms with van der Waals surface area (Å²) in [6.45, 7) is 6.36. The van der Waals surface area contributed by atoms with E-state index in [1.807, 2.05) is 0 Å². The van der Waals surface area contributed by atoms with E-state index in [4.69, 9.17) is 0 Å². The molecule has 4 heteroatoms. The third kappa shape index (κ3) is 6.12. The molecule has 0 spiro atoms. The first-order valence-electron chi connectivity index (χ1n) is 8.02. The Balaban J connectivity index is 2.16. The molecular weight excluding hydrogens is 268 g/mol. The van der Waals surface area contributed by atoms with Crippen molar-refractivity contribution in [3.8, 4) is 0 Å². The maximum Gasteiger partial charge on any atom is 0.176 e.